The zero-order valence-corrected chi connectivity index (χ0v) is 18.5. The molecule has 1 unspecified atom stereocenters. The molecule has 3 aromatic heterocycles. The molecule has 0 radical (unpaired) electrons. The van der Waals surface area contributed by atoms with E-state index in [0.29, 0.717) is 27.5 Å². The molecule has 0 aliphatic rings. The quantitative estimate of drug-likeness (QED) is 0.353. The third-order valence-corrected chi connectivity index (χ3v) is 6.22. The van der Waals surface area contributed by atoms with Gasteiger partial charge in [-0.1, -0.05) is 11.2 Å². The summed E-state index contributed by atoms with van der Waals surface area (Å²) in [6.45, 7) is 0. The van der Waals surface area contributed by atoms with Crippen molar-refractivity contribution >= 4 is 27.6 Å². The van der Waals surface area contributed by atoms with E-state index in [9.17, 15) is 13.0 Å². The van der Waals surface area contributed by atoms with Gasteiger partial charge < -0.3 is 9.26 Å². The van der Waals surface area contributed by atoms with Gasteiger partial charge in [-0.25, -0.2) is 13.0 Å². The summed E-state index contributed by atoms with van der Waals surface area (Å²) in [6.07, 6.45) is 5.42. The third-order valence-electron chi connectivity index (χ3n) is 5.15. The van der Waals surface area contributed by atoms with Gasteiger partial charge in [0.2, 0.25) is 0 Å². The predicted molar refractivity (Wildman–Crippen MR) is 123 cm³/mol. The van der Waals surface area contributed by atoms with Gasteiger partial charge in [-0.3, -0.25) is 14.7 Å². The number of ether oxygens (including phenoxy) is 1. The maximum Gasteiger partial charge on any atom is 0.181 e. The Labute approximate surface area is 195 Å². The van der Waals surface area contributed by atoms with Crippen molar-refractivity contribution in [1.29, 1.82) is 0 Å². The van der Waals surface area contributed by atoms with Gasteiger partial charge in [0.1, 0.15) is 23.6 Å². The van der Waals surface area contributed by atoms with E-state index in [1.807, 2.05) is 0 Å². The highest BCUT2D eigenvalue weighted by Crippen LogP contribution is 2.38. The van der Waals surface area contributed by atoms with Crippen LogP contribution in [0.4, 0.5) is 14.6 Å². The minimum atomic E-state index is -1.57. The van der Waals surface area contributed by atoms with Crippen LogP contribution in [0, 0.1) is 11.6 Å². The summed E-state index contributed by atoms with van der Waals surface area (Å²) >= 11 is 0. The van der Waals surface area contributed by atoms with Crippen molar-refractivity contribution in [2.24, 2.45) is 0 Å². The predicted octanol–water partition coefficient (Wildman–Crippen LogP) is 5.37. The Bertz CT molecular complexity index is 1530. The van der Waals surface area contributed by atoms with Crippen LogP contribution in [0.1, 0.15) is 0 Å². The summed E-state index contributed by atoms with van der Waals surface area (Å²) in [5.74, 6) is -0.530. The van der Waals surface area contributed by atoms with Crippen LogP contribution in [0.2, 0.25) is 0 Å². The zero-order valence-electron chi connectivity index (χ0n) is 17.7. The molecule has 0 aliphatic heterocycles. The largest absolute Gasteiger partial charge is 0.496 e. The van der Waals surface area contributed by atoms with Crippen LogP contribution >= 0.6 is 0 Å². The summed E-state index contributed by atoms with van der Waals surface area (Å²) in [5, 5.41) is 5.20. The average Bonchev–Trinajstić information content (AvgIpc) is 3.36. The fourth-order valence-corrected chi connectivity index (χ4v) is 4.43. The molecule has 0 fully saturated rings. The number of aromatic nitrogens is 3. The van der Waals surface area contributed by atoms with Crippen molar-refractivity contribution in [2.45, 2.75) is 4.90 Å². The van der Waals surface area contributed by atoms with Gasteiger partial charge in [-0.2, -0.15) is 0 Å². The Morgan fingerprint density at radius 1 is 1.03 bits per heavy atom. The van der Waals surface area contributed by atoms with Crippen molar-refractivity contribution in [1.82, 2.24) is 15.1 Å². The van der Waals surface area contributed by atoms with E-state index in [1.165, 1.54) is 31.7 Å². The lowest BCUT2D eigenvalue weighted by Gasteiger charge is -2.14. The lowest BCUT2D eigenvalue weighted by molar-refractivity contribution is 0.413. The molecule has 1 N–H and O–H groups in total. The average molecular weight is 478 g/mol. The van der Waals surface area contributed by atoms with E-state index >= 15 is 0 Å². The van der Waals surface area contributed by atoms with Gasteiger partial charge in [0.25, 0.3) is 0 Å². The number of methoxy groups -OCH3 is 1. The van der Waals surface area contributed by atoms with E-state index in [0.717, 1.165) is 17.0 Å². The number of halogens is 2. The zero-order chi connectivity index (χ0) is 23.7. The molecule has 170 valence electrons. The van der Waals surface area contributed by atoms with Gasteiger partial charge in [0, 0.05) is 46.6 Å². The Kier molecular flexibility index (Phi) is 5.72. The van der Waals surface area contributed by atoms with E-state index < -0.39 is 22.6 Å². The highest BCUT2D eigenvalue weighted by Gasteiger charge is 2.18. The second kappa shape index (κ2) is 8.99. The molecule has 0 bridgehead atoms. The van der Waals surface area contributed by atoms with E-state index in [1.54, 1.807) is 42.6 Å². The lowest BCUT2D eigenvalue weighted by atomic mass is 9.98. The minimum Gasteiger partial charge on any atom is -0.496 e. The number of fused-ring (bicyclic) bond motifs is 1. The van der Waals surface area contributed by atoms with Gasteiger partial charge in [-0.15, -0.1) is 0 Å². The van der Waals surface area contributed by atoms with Crippen LogP contribution in [-0.4, -0.2) is 26.4 Å². The van der Waals surface area contributed by atoms with E-state index in [2.05, 4.69) is 19.8 Å². The molecule has 34 heavy (non-hydrogen) atoms. The Balaban J connectivity index is 1.61. The van der Waals surface area contributed by atoms with Crippen molar-refractivity contribution in [2.75, 3.05) is 11.8 Å². The standard InChI is InChI=1S/C24H16F2N4O3S/c1-32-22-11-21(26)19(15-8-16(25)13-27-12-15)10-20(22)24-18-3-2-17(9-14(18)4-6-28-24)34(31)30-23-5-7-33-29-23/h2-13H,1H3,(H,29,30). The highest BCUT2D eigenvalue weighted by molar-refractivity contribution is 7.86. The first-order valence-electron chi connectivity index (χ1n) is 10.00. The fourth-order valence-electron chi connectivity index (χ4n) is 3.59. The molecule has 1 atom stereocenters. The van der Waals surface area contributed by atoms with E-state index in [4.69, 9.17) is 9.26 Å². The van der Waals surface area contributed by atoms with Crippen molar-refractivity contribution in [3.63, 3.8) is 0 Å². The molecule has 10 heteroatoms. The van der Waals surface area contributed by atoms with E-state index in [-0.39, 0.29) is 11.3 Å². The number of pyridine rings is 2. The number of nitrogens with one attached hydrogen (secondary N) is 1. The fraction of sp³-hybridized carbons (Fsp3) is 0.0417. The number of rotatable bonds is 6. The Morgan fingerprint density at radius 3 is 2.68 bits per heavy atom. The van der Waals surface area contributed by atoms with Crippen LogP contribution in [0.15, 0.2) is 82.8 Å². The molecule has 0 amide bonds. The van der Waals surface area contributed by atoms with Crippen molar-refractivity contribution < 1.29 is 22.2 Å². The summed E-state index contributed by atoms with van der Waals surface area (Å²) in [7, 11) is -0.135. The normalized spacial score (nSPS) is 12.0. The topological polar surface area (TPSA) is 90.1 Å². The molecular weight excluding hydrogens is 462 g/mol. The van der Waals surface area contributed by atoms with Gasteiger partial charge in [0.05, 0.1) is 23.9 Å². The van der Waals surface area contributed by atoms with Crippen LogP contribution in [-0.2, 0) is 11.0 Å². The first-order valence-corrected chi connectivity index (χ1v) is 11.1. The number of hydrogen-bond acceptors (Lipinski definition) is 6. The molecular formula is C24H16F2N4O3S. The number of hydrogen-bond donors (Lipinski definition) is 1. The Hall–Kier alpha value is -4.18. The van der Waals surface area contributed by atoms with Crippen LogP contribution in [0.3, 0.4) is 0 Å². The van der Waals surface area contributed by atoms with Gasteiger partial charge >= 0.3 is 0 Å². The maximum absolute atomic E-state index is 14.9. The summed E-state index contributed by atoms with van der Waals surface area (Å²) in [5.41, 5.74) is 1.50. The molecule has 7 nitrogen and oxygen atoms in total. The molecule has 0 spiro atoms. The first-order chi connectivity index (χ1) is 16.5. The van der Waals surface area contributed by atoms with Gasteiger partial charge in [-0.05, 0) is 35.7 Å². The summed E-state index contributed by atoms with van der Waals surface area (Å²) in [4.78, 5) is 8.83. The SMILES string of the molecule is COc1cc(F)c(-c2cncc(F)c2)cc1-c1nccc2cc(S(=O)Nc3ccon3)ccc12. The Morgan fingerprint density at radius 2 is 1.91 bits per heavy atom. The van der Waals surface area contributed by atoms with Gasteiger partial charge in [0.15, 0.2) is 16.8 Å². The van der Waals surface area contributed by atoms with Crippen LogP contribution < -0.4 is 9.46 Å². The second-order valence-corrected chi connectivity index (χ2v) is 8.44. The molecule has 3 heterocycles. The molecule has 0 aliphatic carbocycles. The van der Waals surface area contributed by atoms with Crippen molar-refractivity contribution in [3.05, 3.63) is 85.0 Å². The molecule has 5 rings (SSSR count). The third kappa shape index (κ3) is 4.11. The first kappa shape index (κ1) is 21.7. The van der Waals surface area contributed by atoms with Crippen LogP contribution in [0.25, 0.3) is 33.2 Å². The smallest absolute Gasteiger partial charge is 0.181 e. The maximum atomic E-state index is 14.9. The highest BCUT2D eigenvalue weighted by atomic mass is 32.2. The number of nitrogens with zero attached hydrogens (tertiary/aromatic N) is 3. The lowest BCUT2D eigenvalue weighted by Crippen LogP contribution is -2.05. The van der Waals surface area contributed by atoms with Crippen molar-refractivity contribution in [3.8, 4) is 28.1 Å². The molecule has 0 saturated heterocycles. The molecule has 0 saturated carbocycles. The minimum absolute atomic E-state index is 0.163. The molecule has 2 aromatic carbocycles. The monoisotopic (exact) mass is 478 g/mol. The van der Waals surface area contributed by atoms with Crippen LogP contribution in [0.5, 0.6) is 5.75 Å². The summed E-state index contributed by atoms with van der Waals surface area (Å²) in [6, 6.07) is 12.6. The number of anilines is 1. The summed E-state index contributed by atoms with van der Waals surface area (Å²) < 4.78 is 54.2. The number of benzene rings is 2. The second-order valence-electron chi connectivity index (χ2n) is 7.22. The molecule has 5 aromatic rings.